The fraction of sp³-hybridized carbons (Fsp3) is 0.500. The van der Waals surface area contributed by atoms with Gasteiger partial charge in [-0.15, -0.1) is 0 Å². The number of carbonyl (C=O) groups is 1. The van der Waals surface area contributed by atoms with E-state index in [0.717, 1.165) is 10.2 Å². The molecule has 0 aliphatic carbocycles. The van der Waals surface area contributed by atoms with E-state index in [2.05, 4.69) is 42.5 Å². The molecule has 0 radical (unpaired) electrons. The molecule has 0 spiro atoms. The zero-order valence-corrected chi connectivity index (χ0v) is 12.3. The molecule has 0 aliphatic heterocycles. The van der Waals surface area contributed by atoms with Crippen LogP contribution in [0, 0.1) is 0 Å². The maximum absolute atomic E-state index is 11.3. The van der Waals surface area contributed by atoms with Gasteiger partial charge in [0.15, 0.2) is 4.67 Å². The molecule has 0 aliphatic rings. The van der Waals surface area contributed by atoms with E-state index in [9.17, 15) is 4.79 Å². The fourth-order valence-electron chi connectivity index (χ4n) is 1.15. The molecule has 0 atom stereocenters. The monoisotopic (exact) mass is 352 g/mol. The molecule has 1 heterocycles. The minimum absolute atomic E-state index is 0.0142. The summed E-state index contributed by atoms with van der Waals surface area (Å²) in [7, 11) is 0. The smallest absolute Gasteiger partial charge is 0.234 e. The van der Waals surface area contributed by atoms with Crippen molar-refractivity contribution in [2.24, 2.45) is 0 Å². The van der Waals surface area contributed by atoms with Gasteiger partial charge in [0.1, 0.15) is 5.76 Å². The predicted octanol–water partition coefficient (Wildman–Crippen LogP) is 2.42. The maximum atomic E-state index is 11.3. The third-order valence-electron chi connectivity index (χ3n) is 1.73. The lowest BCUT2D eigenvalue weighted by Crippen LogP contribution is -2.37. The van der Waals surface area contributed by atoms with E-state index in [-0.39, 0.29) is 18.5 Å². The highest BCUT2D eigenvalue weighted by atomic mass is 79.9. The van der Waals surface area contributed by atoms with Gasteiger partial charge in [0.25, 0.3) is 0 Å². The van der Waals surface area contributed by atoms with Crippen molar-refractivity contribution >= 4 is 37.8 Å². The normalized spacial score (nSPS) is 10.8. The van der Waals surface area contributed by atoms with E-state index in [1.54, 1.807) is 0 Å². The van der Waals surface area contributed by atoms with Crippen LogP contribution in [0.1, 0.15) is 19.6 Å². The quantitative estimate of drug-likeness (QED) is 0.854. The number of halogens is 2. The van der Waals surface area contributed by atoms with Gasteiger partial charge in [-0.2, -0.15) is 0 Å². The van der Waals surface area contributed by atoms with Crippen LogP contribution in [0.5, 0.6) is 0 Å². The maximum Gasteiger partial charge on any atom is 0.234 e. The van der Waals surface area contributed by atoms with Crippen LogP contribution in [0.25, 0.3) is 0 Å². The van der Waals surface area contributed by atoms with Crippen LogP contribution in [-0.4, -0.2) is 18.5 Å². The lowest BCUT2D eigenvalue weighted by molar-refractivity contribution is -0.120. The highest BCUT2D eigenvalue weighted by Crippen LogP contribution is 2.26. The molecule has 90 valence electrons. The molecule has 0 saturated carbocycles. The molecule has 16 heavy (non-hydrogen) atoms. The molecule has 0 unspecified atom stereocenters. The number of rotatable bonds is 5. The number of hydrogen-bond donors (Lipinski definition) is 2. The van der Waals surface area contributed by atoms with Crippen molar-refractivity contribution in [3.8, 4) is 0 Å². The van der Waals surface area contributed by atoms with Crippen molar-refractivity contribution in [1.82, 2.24) is 10.6 Å². The summed E-state index contributed by atoms with van der Waals surface area (Å²) >= 11 is 6.57. The number of amides is 1. The Morgan fingerprint density at radius 1 is 1.50 bits per heavy atom. The second kappa shape index (κ2) is 6.42. The van der Waals surface area contributed by atoms with Crippen LogP contribution in [0.2, 0.25) is 0 Å². The second-order valence-electron chi connectivity index (χ2n) is 3.66. The van der Waals surface area contributed by atoms with Gasteiger partial charge < -0.3 is 15.1 Å². The van der Waals surface area contributed by atoms with Gasteiger partial charge in [0, 0.05) is 6.04 Å². The van der Waals surface area contributed by atoms with Crippen molar-refractivity contribution in [2.45, 2.75) is 26.4 Å². The van der Waals surface area contributed by atoms with E-state index in [1.165, 1.54) is 0 Å². The Bertz CT molecular complexity index is 344. The third kappa shape index (κ3) is 4.67. The van der Waals surface area contributed by atoms with E-state index in [4.69, 9.17) is 4.42 Å². The van der Waals surface area contributed by atoms with Crippen molar-refractivity contribution in [2.75, 3.05) is 6.54 Å². The number of hydrogen-bond acceptors (Lipinski definition) is 3. The Morgan fingerprint density at radius 3 is 2.69 bits per heavy atom. The molecule has 0 fully saturated rings. The zero-order valence-electron chi connectivity index (χ0n) is 9.14. The molecule has 1 aromatic heterocycles. The molecule has 6 heteroatoms. The largest absolute Gasteiger partial charge is 0.452 e. The van der Waals surface area contributed by atoms with Gasteiger partial charge in [-0.1, -0.05) is 0 Å². The highest BCUT2D eigenvalue weighted by molar-refractivity contribution is 9.13. The number of carbonyl (C=O) groups excluding carboxylic acids is 1. The summed E-state index contributed by atoms with van der Waals surface area (Å²) < 4.78 is 6.89. The summed E-state index contributed by atoms with van der Waals surface area (Å²) in [5.74, 6) is 0.760. The van der Waals surface area contributed by atoms with Gasteiger partial charge in [-0.3, -0.25) is 4.79 Å². The Hall–Kier alpha value is -0.330. The minimum atomic E-state index is -0.0142. The molecule has 1 rings (SSSR count). The van der Waals surface area contributed by atoms with Gasteiger partial charge >= 0.3 is 0 Å². The van der Waals surface area contributed by atoms with Crippen LogP contribution < -0.4 is 10.6 Å². The van der Waals surface area contributed by atoms with Gasteiger partial charge in [-0.25, -0.2) is 0 Å². The van der Waals surface area contributed by atoms with Crippen molar-refractivity contribution in [3.63, 3.8) is 0 Å². The van der Waals surface area contributed by atoms with Crippen LogP contribution in [0.4, 0.5) is 0 Å². The highest BCUT2D eigenvalue weighted by Gasteiger charge is 2.07. The van der Waals surface area contributed by atoms with Crippen LogP contribution in [0.3, 0.4) is 0 Å². The van der Waals surface area contributed by atoms with Gasteiger partial charge in [-0.05, 0) is 51.8 Å². The van der Waals surface area contributed by atoms with Crippen LogP contribution >= 0.6 is 31.9 Å². The van der Waals surface area contributed by atoms with E-state index >= 15 is 0 Å². The lowest BCUT2D eigenvalue weighted by atomic mass is 10.4. The van der Waals surface area contributed by atoms with Crippen LogP contribution in [0.15, 0.2) is 19.6 Å². The Labute approximate surface area is 111 Å². The van der Waals surface area contributed by atoms with E-state index < -0.39 is 0 Å². The third-order valence-corrected chi connectivity index (χ3v) is 3.44. The molecule has 1 aromatic rings. The lowest BCUT2D eigenvalue weighted by Gasteiger charge is -2.08. The second-order valence-corrected chi connectivity index (χ2v) is 5.23. The number of nitrogens with one attached hydrogen (secondary N) is 2. The minimum Gasteiger partial charge on any atom is -0.452 e. The average molecular weight is 354 g/mol. The Kier molecular flexibility index (Phi) is 5.51. The average Bonchev–Trinajstić information content (AvgIpc) is 2.44. The first kappa shape index (κ1) is 13.7. The number of furan rings is 1. The molecule has 1 amide bonds. The van der Waals surface area contributed by atoms with Crippen molar-refractivity contribution in [1.29, 1.82) is 0 Å². The van der Waals surface area contributed by atoms with Crippen LogP contribution in [-0.2, 0) is 11.3 Å². The Balaban J connectivity index is 2.28. The first-order valence-corrected chi connectivity index (χ1v) is 6.51. The summed E-state index contributed by atoms with van der Waals surface area (Å²) in [4.78, 5) is 11.3. The van der Waals surface area contributed by atoms with Crippen molar-refractivity contribution < 1.29 is 9.21 Å². The summed E-state index contributed by atoms with van der Waals surface area (Å²) in [6.07, 6.45) is 0. The Morgan fingerprint density at radius 2 is 2.19 bits per heavy atom. The molecule has 2 N–H and O–H groups in total. The predicted molar refractivity (Wildman–Crippen MR) is 69.1 cm³/mol. The molecular weight excluding hydrogens is 340 g/mol. The standard InChI is InChI=1S/C10H14Br2N2O2/c1-6(2)14-9(15)5-13-4-7-3-8(11)10(12)16-7/h3,6,13H,4-5H2,1-2H3,(H,14,15). The van der Waals surface area contributed by atoms with Gasteiger partial charge in [0.05, 0.1) is 17.6 Å². The first-order valence-electron chi connectivity index (χ1n) is 4.93. The summed E-state index contributed by atoms with van der Waals surface area (Å²) in [5, 5.41) is 5.79. The summed E-state index contributed by atoms with van der Waals surface area (Å²) in [6.45, 7) is 4.67. The topological polar surface area (TPSA) is 54.3 Å². The SMILES string of the molecule is CC(C)NC(=O)CNCc1cc(Br)c(Br)o1. The van der Waals surface area contributed by atoms with Crippen molar-refractivity contribution in [3.05, 3.63) is 21.0 Å². The van der Waals surface area contributed by atoms with E-state index in [0.29, 0.717) is 11.2 Å². The fourth-order valence-corrected chi connectivity index (χ4v) is 1.81. The zero-order chi connectivity index (χ0) is 12.1. The molecule has 4 nitrogen and oxygen atoms in total. The van der Waals surface area contributed by atoms with Gasteiger partial charge in [0.2, 0.25) is 5.91 Å². The summed E-state index contributed by atoms with van der Waals surface area (Å²) in [6, 6.07) is 2.03. The first-order chi connectivity index (χ1) is 7.49. The molecular formula is C10H14Br2N2O2. The molecule has 0 aromatic carbocycles. The molecule has 0 bridgehead atoms. The summed E-state index contributed by atoms with van der Waals surface area (Å²) in [5.41, 5.74) is 0. The molecule has 0 saturated heterocycles. The van der Waals surface area contributed by atoms with E-state index in [1.807, 2.05) is 19.9 Å².